The highest BCUT2D eigenvalue weighted by atomic mass is 79.9. The van der Waals surface area contributed by atoms with Crippen molar-refractivity contribution in [3.8, 4) is 0 Å². The minimum atomic E-state index is -0.122. The minimum absolute atomic E-state index is 0.0624. The summed E-state index contributed by atoms with van der Waals surface area (Å²) in [5.74, 6) is 0.0624. The monoisotopic (exact) mass is 444 g/mol. The van der Waals surface area contributed by atoms with Gasteiger partial charge in [-0.25, -0.2) is 0 Å². The lowest BCUT2D eigenvalue weighted by molar-refractivity contribution is 0.0692. The predicted molar refractivity (Wildman–Crippen MR) is 120 cm³/mol. The van der Waals surface area contributed by atoms with Gasteiger partial charge < -0.3 is 9.88 Å². The standard InChI is InChI=1S/C25H21BrN2O/c1-16-6-8-17(9-7-16)24-23-21(20-4-2-3-5-22(20)27-23)14-15-28(24)25(29)18-10-12-19(26)13-11-18/h2-13,24,27H,14-15H2,1H3/t24-/m0/s1. The first-order chi connectivity index (χ1) is 14.1. The number of carbonyl (C=O) groups excluding carboxylic acids is 1. The quantitative estimate of drug-likeness (QED) is 0.402. The first-order valence-corrected chi connectivity index (χ1v) is 10.6. The van der Waals surface area contributed by atoms with Crippen molar-refractivity contribution in [2.75, 3.05) is 6.54 Å². The molecule has 0 bridgehead atoms. The van der Waals surface area contributed by atoms with E-state index in [4.69, 9.17) is 0 Å². The molecule has 2 heterocycles. The second kappa shape index (κ2) is 7.20. The van der Waals surface area contributed by atoms with Crippen molar-refractivity contribution in [3.05, 3.63) is 105 Å². The molecule has 3 nitrogen and oxygen atoms in total. The number of aryl methyl sites for hydroxylation is 1. The minimum Gasteiger partial charge on any atom is -0.356 e. The van der Waals surface area contributed by atoms with Crippen LogP contribution in [0.4, 0.5) is 0 Å². The number of halogens is 1. The number of amides is 1. The summed E-state index contributed by atoms with van der Waals surface area (Å²) in [5.41, 5.74) is 6.65. The second-order valence-corrected chi connectivity index (χ2v) is 8.55. The third-order valence-corrected chi connectivity index (χ3v) is 6.31. The summed E-state index contributed by atoms with van der Waals surface area (Å²) in [6.07, 6.45) is 0.851. The summed E-state index contributed by atoms with van der Waals surface area (Å²) in [4.78, 5) is 19.1. The molecule has 1 amide bonds. The van der Waals surface area contributed by atoms with Crippen LogP contribution in [-0.4, -0.2) is 22.3 Å². The Bertz CT molecular complexity index is 1190. The highest BCUT2D eigenvalue weighted by Crippen LogP contribution is 2.39. The molecule has 0 unspecified atom stereocenters. The molecule has 1 aliphatic heterocycles. The van der Waals surface area contributed by atoms with E-state index < -0.39 is 0 Å². The Kier molecular flexibility index (Phi) is 4.51. The van der Waals surface area contributed by atoms with Gasteiger partial charge in [0.05, 0.1) is 6.04 Å². The SMILES string of the molecule is Cc1ccc([C@H]2c3[nH]c4ccccc4c3CCN2C(=O)c2ccc(Br)cc2)cc1. The van der Waals surface area contributed by atoms with Crippen LogP contribution in [0.2, 0.25) is 0 Å². The Balaban J connectivity index is 1.65. The number of benzene rings is 3. The van der Waals surface area contributed by atoms with Crippen LogP contribution in [0.1, 0.15) is 38.8 Å². The third-order valence-electron chi connectivity index (χ3n) is 5.78. The van der Waals surface area contributed by atoms with Crippen LogP contribution in [0.25, 0.3) is 10.9 Å². The first-order valence-electron chi connectivity index (χ1n) is 9.84. The number of para-hydroxylation sites is 1. The summed E-state index contributed by atoms with van der Waals surface area (Å²) in [7, 11) is 0. The van der Waals surface area contributed by atoms with Gasteiger partial charge in [0.15, 0.2) is 0 Å². The molecule has 29 heavy (non-hydrogen) atoms. The van der Waals surface area contributed by atoms with E-state index in [0.717, 1.165) is 27.7 Å². The number of rotatable bonds is 2. The summed E-state index contributed by atoms with van der Waals surface area (Å²) in [5, 5.41) is 1.26. The number of fused-ring (bicyclic) bond motifs is 3. The molecule has 144 valence electrons. The fraction of sp³-hybridized carbons (Fsp3) is 0.160. The maximum absolute atomic E-state index is 13.5. The molecule has 4 aromatic rings. The summed E-state index contributed by atoms with van der Waals surface area (Å²) < 4.78 is 0.973. The molecule has 1 aliphatic rings. The van der Waals surface area contributed by atoms with Crippen LogP contribution < -0.4 is 0 Å². The van der Waals surface area contributed by atoms with Gasteiger partial charge in [-0.1, -0.05) is 64.0 Å². The number of H-pyrrole nitrogens is 1. The average Bonchev–Trinajstić information content (AvgIpc) is 3.12. The van der Waals surface area contributed by atoms with Gasteiger partial charge in [-0.2, -0.15) is 0 Å². The molecule has 1 N–H and O–H groups in total. The number of aromatic nitrogens is 1. The number of nitrogens with one attached hydrogen (secondary N) is 1. The van der Waals surface area contributed by atoms with E-state index >= 15 is 0 Å². The molecule has 0 aliphatic carbocycles. The number of carbonyl (C=O) groups is 1. The molecule has 4 heteroatoms. The molecule has 1 atom stereocenters. The van der Waals surface area contributed by atoms with Gasteiger partial charge >= 0.3 is 0 Å². The number of hydrogen-bond donors (Lipinski definition) is 1. The van der Waals surface area contributed by atoms with E-state index in [0.29, 0.717) is 12.1 Å². The van der Waals surface area contributed by atoms with E-state index in [9.17, 15) is 4.79 Å². The molecule has 3 aromatic carbocycles. The van der Waals surface area contributed by atoms with Crippen molar-refractivity contribution in [1.82, 2.24) is 9.88 Å². The Labute approximate surface area is 178 Å². The first kappa shape index (κ1) is 18.2. The maximum atomic E-state index is 13.5. The van der Waals surface area contributed by atoms with E-state index in [-0.39, 0.29) is 11.9 Å². The third kappa shape index (κ3) is 3.18. The van der Waals surface area contributed by atoms with Crippen molar-refractivity contribution in [1.29, 1.82) is 0 Å². The topological polar surface area (TPSA) is 36.1 Å². The zero-order valence-electron chi connectivity index (χ0n) is 16.2. The molecular weight excluding hydrogens is 424 g/mol. The molecular formula is C25H21BrN2O. The fourth-order valence-electron chi connectivity index (χ4n) is 4.31. The van der Waals surface area contributed by atoms with Crippen LogP contribution in [0.3, 0.4) is 0 Å². The van der Waals surface area contributed by atoms with Crippen molar-refractivity contribution in [2.45, 2.75) is 19.4 Å². The molecule has 0 saturated heterocycles. The largest absolute Gasteiger partial charge is 0.356 e. The number of nitrogens with zero attached hydrogens (tertiary/aromatic N) is 1. The smallest absolute Gasteiger partial charge is 0.254 e. The molecule has 5 rings (SSSR count). The summed E-state index contributed by atoms with van der Waals surface area (Å²) in [6, 6.07) is 24.4. The van der Waals surface area contributed by atoms with Gasteiger partial charge in [-0.05, 0) is 54.8 Å². The highest BCUT2D eigenvalue weighted by molar-refractivity contribution is 9.10. The zero-order valence-corrected chi connectivity index (χ0v) is 17.7. The lowest BCUT2D eigenvalue weighted by atomic mass is 9.91. The Hall–Kier alpha value is -2.85. The zero-order chi connectivity index (χ0) is 20.0. The van der Waals surface area contributed by atoms with Crippen LogP contribution in [0, 0.1) is 6.92 Å². The van der Waals surface area contributed by atoms with E-state index in [1.54, 1.807) is 0 Å². The normalized spacial score (nSPS) is 16.1. The van der Waals surface area contributed by atoms with Crippen molar-refractivity contribution in [3.63, 3.8) is 0 Å². The Morgan fingerprint density at radius 2 is 1.72 bits per heavy atom. The van der Waals surface area contributed by atoms with Crippen LogP contribution in [0.15, 0.2) is 77.3 Å². The Morgan fingerprint density at radius 1 is 1.00 bits per heavy atom. The molecule has 0 fully saturated rings. The predicted octanol–water partition coefficient (Wildman–Crippen LogP) is 6.03. The van der Waals surface area contributed by atoms with Crippen LogP contribution in [-0.2, 0) is 6.42 Å². The molecule has 0 radical (unpaired) electrons. The molecule has 0 spiro atoms. The van der Waals surface area contributed by atoms with Gasteiger partial charge in [0, 0.05) is 33.2 Å². The lowest BCUT2D eigenvalue weighted by Crippen LogP contribution is -2.40. The van der Waals surface area contributed by atoms with E-state index in [2.05, 4.69) is 76.4 Å². The van der Waals surface area contributed by atoms with Gasteiger partial charge in [0.1, 0.15) is 0 Å². The molecule has 0 saturated carbocycles. The number of aromatic amines is 1. The van der Waals surface area contributed by atoms with Gasteiger partial charge in [-0.3, -0.25) is 4.79 Å². The Morgan fingerprint density at radius 3 is 2.48 bits per heavy atom. The lowest BCUT2D eigenvalue weighted by Gasteiger charge is -2.36. The van der Waals surface area contributed by atoms with Crippen LogP contribution >= 0.6 is 15.9 Å². The average molecular weight is 445 g/mol. The fourth-order valence-corrected chi connectivity index (χ4v) is 4.58. The van der Waals surface area contributed by atoms with Crippen molar-refractivity contribution >= 4 is 32.7 Å². The highest BCUT2D eigenvalue weighted by Gasteiger charge is 2.34. The molecule has 1 aromatic heterocycles. The maximum Gasteiger partial charge on any atom is 0.254 e. The number of hydrogen-bond acceptors (Lipinski definition) is 1. The summed E-state index contributed by atoms with van der Waals surface area (Å²) >= 11 is 3.46. The van der Waals surface area contributed by atoms with E-state index in [1.807, 2.05) is 29.2 Å². The van der Waals surface area contributed by atoms with Crippen molar-refractivity contribution < 1.29 is 4.79 Å². The second-order valence-electron chi connectivity index (χ2n) is 7.63. The summed E-state index contributed by atoms with van der Waals surface area (Å²) in [6.45, 7) is 2.78. The van der Waals surface area contributed by atoms with Crippen LogP contribution in [0.5, 0.6) is 0 Å². The van der Waals surface area contributed by atoms with Gasteiger partial charge in [-0.15, -0.1) is 0 Å². The van der Waals surface area contributed by atoms with Crippen molar-refractivity contribution in [2.24, 2.45) is 0 Å². The van der Waals surface area contributed by atoms with Gasteiger partial charge in [0.25, 0.3) is 5.91 Å². The van der Waals surface area contributed by atoms with E-state index in [1.165, 1.54) is 16.5 Å². The van der Waals surface area contributed by atoms with Gasteiger partial charge in [0.2, 0.25) is 0 Å².